The lowest BCUT2D eigenvalue weighted by molar-refractivity contribution is 0.263. The summed E-state index contributed by atoms with van der Waals surface area (Å²) in [4.78, 5) is 12.4. The summed E-state index contributed by atoms with van der Waals surface area (Å²) in [6, 6.07) is 9.13. The predicted octanol–water partition coefficient (Wildman–Crippen LogP) is 2.45. The Labute approximate surface area is 132 Å². The van der Waals surface area contributed by atoms with Crippen LogP contribution in [-0.4, -0.2) is 21.4 Å². The molecule has 0 saturated heterocycles. The summed E-state index contributed by atoms with van der Waals surface area (Å²) in [5.41, 5.74) is 1.05. The second kappa shape index (κ2) is 6.85. The van der Waals surface area contributed by atoms with Crippen LogP contribution in [0.2, 0.25) is 0 Å². The third kappa shape index (κ3) is 3.12. The van der Waals surface area contributed by atoms with Gasteiger partial charge in [-0.2, -0.15) is 10.4 Å². The molecular formula is C16H16N4O3. The first kappa shape index (κ1) is 16.4. The second-order valence-corrected chi connectivity index (χ2v) is 4.95. The maximum Gasteiger partial charge on any atom is 0.281 e. The lowest BCUT2D eigenvalue weighted by Crippen LogP contribution is -2.23. The van der Waals surface area contributed by atoms with Crippen LogP contribution in [0, 0.1) is 25.2 Å². The highest BCUT2D eigenvalue weighted by molar-refractivity contribution is 5.57. The third-order valence-corrected chi connectivity index (χ3v) is 3.47. The van der Waals surface area contributed by atoms with Gasteiger partial charge in [-0.05, 0) is 25.5 Å². The fourth-order valence-electron chi connectivity index (χ4n) is 2.14. The number of nitriles is 1. The summed E-state index contributed by atoms with van der Waals surface area (Å²) in [5, 5.41) is 36.2. The Morgan fingerprint density at radius 2 is 1.96 bits per heavy atom. The molecule has 118 valence electrons. The molecule has 1 aromatic carbocycles. The molecule has 0 spiro atoms. The maximum atomic E-state index is 12.4. The van der Waals surface area contributed by atoms with Gasteiger partial charge in [0.15, 0.2) is 5.69 Å². The van der Waals surface area contributed by atoms with Crippen LogP contribution in [-0.2, 0) is 6.54 Å². The van der Waals surface area contributed by atoms with Crippen LogP contribution in [0.25, 0.3) is 0 Å². The molecule has 1 heterocycles. The Morgan fingerprint density at radius 3 is 2.57 bits per heavy atom. The van der Waals surface area contributed by atoms with Crippen LogP contribution in [0.1, 0.15) is 16.7 Å². The fraction of sp³-hybridized carbons (Fsp3) is 0.250. The number of azo groups is 1. The Balaban J connectivity index is 2.63. The molecule has 0 aliphatic rings. The van der Waals surface area contributed by atoms with Crippen molar-refractivity contribution in [3.63, 3.8) is 0 Å². The van der Waals surface area contributed by atoms with E-state index in [9.17, 15) is 15.2 Å². The zero-order valence-electron chi connectivity index (χ0n) is 12.8. The first-order chi connectivity index (χ1) is 11.0. The zero-order valence-corrected chi connectivity index (χ0v) is 12.8. The van der Waals surface area contributed by atoms with E-state index in [1.807, 2.05) is 25.1 Å². The largest absolute Gasteiger partial charge is 0.493 e. The van der Waals surface area contributed by atoms with Crippen molar-refractivity contribution in [2.24, 2.45) is 10.2 Å². The number of nitrogens with zero attached hydrogens (tertiary/aromatic N) is 4. The predicted molar refractivity (Wildman–Crippen MR) is 84.3 cm³/mol. The number of pyridine rings is 1. The molecule has 0 unspecified atom stereocenters. The Morgan fingerprint density at radius 1 is 1.26 bits per heavy atom. The molecule has 7 heteroatoms. The molecule has 0 atom stereocenters. The van der Waals surface area contributed by atoms with Crippen LogP contribution in [0.15, 0.2) is 39.3 Å². The summed E-state index contributed by atoms with van der Waals surface area (Å²) >= 11 is 0. The lowest BCUT2D eigenvalue weighted by Gasteiger charge is -2.11. The molecule has 0 fully saturated rings. The summed E-state index contributed by atoms with van der Waals surface area (Å²) < 4.78 is 0.914. The first-order valence-electron chi connectivity index (χ1n) is 6.96. The number of aromatic nitrogens is 1. The van der Waals surface area contributed by atoms with Crippen molar-refractivity contribution in [1.82, 2.24) is 4.57 Å². The van der Waals surface area contributed by atoms with Crippen molar-refractivity contribution < 1.29 is 10.2 Å². The number of aliphatic hydroxyl groups excluding tert-OH is 1. The van der Waals surface area contributed by atoms with Crippen LogP contribution >= 0.6 is 0 Å². The van der Waals surface area contributed by atoms with E-state index >= 15 is 0 Å². The number of hydrogen-bond donors (Lipinski definition) is 2. The second-order valence-electron chi connectivity index (χ2n) is 4.95. The van der Waals surface area contributed by atoms with Crippen LogP contribution in [0.5, 0.6) is 5.88 Å². The topological polar surface area (TPSA) is 111 Å². The number of aliphatic hydroxyl groups is 1. The molecule has 0 bridgehead atoms. The Bertz CT molecular complexity index is 863. The number of aryl methyl sites for hydroxylation is 1. The van der Waals surface area contributed by atoms with E-state index in [-0.39, 0.29) is 30.0 Å². The van der Waals surface area contributed by atoms with Gasteiger partial charge in [0.05, 0.1) is 18.8 Å². The highest BCUT2D eigenvalue weighted by Gasteiger charge is 2.18. The van der Waals surface area contributed by atoms with E-state index in [0.29, 0.717) is 5.69 Å². The van der Waals surface area contributed by atoms with Crippen molar-refractivity contribution in [2.45, 2.75) is 20.4 Å². The highest BCUT2D eigenvalue weighted by Crippen LogP contribution is 2.27. The number of benzene rings is 1. The maximum absolute atomic E-state index is 12.4. The Hall–Kier alpha value is -2.98. The van der Waals surface area contributed by atoms with Crippen LogP contribution < -0.4 is 5.56 Å². The summed E-state index contributed by atoms with van der Waals surface area (Å²) in [6.07, 6.45) is 0. The van der Waals surface area contributed by atoms with Crippen molar-refractivity contribution in [3.05, 3.63) is 51.3 Å². The summed E-state index contributed by atoms with van der Waals surface area (Å²) in [5.74, 6) is -0.473. The van der Waals surface area contributed by atoms with Crippen molar-refractivity contribution >= 4 is 11.4 Å². The molecule has 23 heavy (non-hydrogen) atoms. The van der Waals surface area contributed by atoms with Gasteiger partial charge in [-0.1, -0.05) is 18.2 Å². The molecule has 0 aliphatic carbocycles. The van der Waals surface area contributed by atoms with Gasteiger partial charge in [0.2, 0.25) is 5.88 Å². The van der Waals surface area contributed by atoms with Gasteiger partial charge in [-0.25, -0.2) is 0 Å². The third-order valence-electron chi connectivity index (χ3n) is 3.47. The van der Waals surface area contributed by atoms with E-state index < -0.39 is 11.4 Å². The molecule has 2 rings (SSSR count). The minimum atomic E-state index is -0.606. The normalized spacial score (nSPS) is 10.9. The van der Waals surface area contributed by atoms with E-state index in [1.54, 1.807) is 12.1 Å². The lowest BCUT2D eigenvalue weighted by atomic mass is 10.1. The molecule has 2 aromatic rings. The van der Waals surface area contributed by atoms with Crippen molar-refractivity contribution in [2.75, 3.05) is 6.61 Å². The first-order valence-corrected chi connectivity index (χ1v) is 6.96. The van der Waals surface area contributed by atoms with Crippen molar-refractivity contribution in [1.29, 1.82) is 5.26 Å². The molecule has 0 saturated carbocycles. The Kier molecular flexibility index (Phi) is 4.88. The van der Waals surface area contributed by atoms with Gasteiger partial charge in [-0.3, -0.25) is 9.36 Å². The van der Waals surface area contributed by atoms with Gasteiger partial charge >= 0.3 is 0 Å². The van der Waals surface area contributed by atoms with Gasteiger partial charge in [-0.15, -0.1) is 5.11 Å². The average Bonchev–Trinajstić information content (AvgIpc) is 2.53. The van der Waals surface area contributed by atoms with Crippen LogP contribution in [0.4, 0.5) is 11.4 Å². The average molecular weight is 312 g/mol. The van der Waals surface area contributed by atoms with Gasteiger partial charge in [0.25, 0.3) is 5.56 Å². The minimum Gasteiger partial charge on any atom is -0.493 e. The number of rotatable bonds is 4. The van der Waals surface area contributed by atoms with Gasteiger partial charge in [0, 0.05) is 5.56 Å². The standard InChI is InChI=1S/C16H16N4O3/c1-10-5-3-4-6-13(10)18-19-14-11(2)12(9-17)15(22)20(7-8-21)16(14)23/h3-6,21-22H,7-8H2,1-2H3. The number of hydrogen-bond acceptors (Lipinski definition) is 6. The molecule has 7 nitrogen and oxygen atoms in total. The zero-order chi connectivity index (χ0) is 17.0. The smallest absolute Gasteiger partial charge is 0.281 e. The summed E-state index contributed by atoms with van der Waals surface area (Å²) in [7, 11) is 0. The SMILES string of the molecule is Cc1ccccc1N=Nc1c(C)c(C#N)c(O)n(CCO)c1=O. The minimum absolute atomic E-state index is 0.0314. The molecule has 1 aromatic heterocycles. The molecule has 2 N–H and O–H groups in total. The molecule has 0 radical (unpaired) electrons. The van der Waals surface area contributed by atoms with E-state index in [1.165, 1.54) is 6.92 Å². The molecular weight excluding hydrogens is 296 g/mol. The van der Waals surface area contributed by atoms with Gasteiger partial charge < -0.3 is 10.2 Å². The van der Waals surface area contributed by atoms with E-state index in [4.69, 9.17) is 5.11 Å². The van der Waals surface area contributed by atoms with Gasteiger partial charge in [0.1, 0.15) is 11.6 Å². The van der Waals surface area contributed by atoms with Crippen LogP contribution in [0.3, 0.4) is 0 Å². The highest BCUT2D eigenvalue weighted by atomic mass is 16.3. The quantitative estimate of drug-likeness (QED) is 0.844. The molecule has 0 aliphatic heterocycles. The van der Waals surface area contributed by atoms with E-state index in [2.05, 4.69) is 10.2 Å². The molecule has 0 amide bonds. The van der Waals surface area contributed by atoms with E-state index in [0.717, 1.165) is 10.1 Å². The fourth-order valence-corrected chi connectivity index (χ4v) is 2.14. The van der Waals surface area contributed by atoms with Crippen molar-refractivity contribution in [3.8, 4) is 11.9 Å². The number of aromatic hydroxyl groups is 1. The monoisotopic (exact) mass is 312 g/mol. The summed E-state index contributed by atoms with van der Waals surface area (Å²) in [6.45, 7) is 2.90.